The number of piperazine rings is 1. The van der Waals surface area contributed by atoms with Gasteiger partial charge in [-0.25, -0.2) is 8.42 Å². The molecule has 178 valence electrons. The van der Waals surface area contributed by atoms with Crippen molar-refractivity contribution >= 4 is 33.2 Å². The van der Waals surface area contributed by atoms with E-state index in [1.54, 1.807) is 12.2 Å². The second kappa shape index (κ2) is 11.0. The maximum absolute atomic E-state index is 13.6. The van der Waals surface area contributed by atoms with Crippen LogP contribution in [0.3, 0.4) is 0 Å². The topological polar surface area (TPSA) is 78.8 Å². The van der Waals surface area contributed by atoms with Crippen molar-refractivity contribution in [3.63, 3.8) is 0 Å². The zero-order chi connectivity index (χ0) is 24.0. The number of nitrogens with zero attached hydrogens (tertiary/aromatic N) is 5. The Bertz CT molecular complexity index is 1080. The third-order valence-electron chi connectivity index (χ3n) is 5.41. The van der Waals surface area contributed by atoms with Crippen molar-refractivity contribution in [1.82, 2.24) is 19.0 Å². The Labute approximate surface area is 200 Å². The number of aromatic nitrogens is 2. The minimum absolute atomic E-state index is 0.0762. The van der Waals surface area contributed by atoms with E-state index in [0.717, 1.165) is 12.1 Å². The molecule has 0 saturated carbocycles. The van der Waals surface area contributed by atoms with Gasteiger partial charge in [0.05, 0.1) is 5.56 Å². The Kier molecular flexibility index (Phi) is 8.34. The minimum atomic E-state index is -3.96. The van der Waals surface area contributed by atoms with Crippen LogP contribution in [0.5, 0.6) is 0 Å². The quantitative estimate of drug-likeness (QED) is 0.476. The van der Waals surface area contributed by atoms with Crippen LogP contribution in [0.2, 0.25) is 5.02 Å². The normalized spacial score (nSPS) is 14.8. The number of carbonyl (C=O) groups is 1. The molecule has 1 amide bonds. The summed E-state index contributed by atoms with van der Waals surface area (Å²) in [5.41, 5.74) is 1.07. The van der Waals surface area contributed by atoms with Crippen LogP contribution in [0, 0.1) is 0 Å². The summed E-state index contributed by atoms with van der Waals surface area (Å²) in [6, 6.07) is 7.47. The largest absolute Gasteiger partial charge is 0.369 e. The Balaban J connectivity index is 1.86. The van der Waals surface area contributed by atoms with Gasteiger partial charge in [-0.1, -0.05) is 30.7 Å². The number of hydrogen-bond donors (Lipinski definition) is 0. The number of sulfonamides is 1. The Morgan fingerprint density at radius 2 is 1.73 bits per heavy atom. The first-order valence-corrected chi connectivity index (χ1v) is 12.7. The SMILES string of the molecule is C=CCN(CC=C)C(=O)c1cn(CCC)nc1S(=O)(=O)N1CCN(c2ccc(Cl)cc2)CC1. The number of carbonyl (C=O) groups excluding carboxylic acids is 1. The van der Waals surface area contributed by atoms with Crippen LogP contribution in [0.1, 0.15) is 23.7 Å². The van der Waals surface area contributed by atoms with Crippen molar-refractivity contribution in [2.45, 2.75) is 24.9 Å². The van der Waals surface area contributed by atoms with E-state index >= 15 is 0 Å². The number of hydrogen-bond acceptors (Lipinski definition) is 5. The van der Waals surface area contributed by atoms with Crippen molar-refractivity contribution in [1.29, 1.82) is 0 Å². The van der Waals surface area contributed by atoms with Gasteiger partial charge in [0, 0.05) is 62.7 Å². The Hall–Kier alpha value is -2.62. The summed E-state index contributed by atoms with van der Waals surface area (Å²) in [6.45, 7) is 12.1. The van der Waals surface area contributed by atoms with Crippen molar-refractivity contribution in [3.8, 4) is 0 Å². The molecule has 0 spiro atoms. The van der Waals surface area contributed by atoms with Crippen molar-refractivity contribution < 1.29 is 13.2 Å². The van der Waals surface area contributed by atoms with Gasteiger partial charge >= 0.3 is 0 Å². The molecular formula is C23H30ClN5O3S. The molecule has 1 fully saturated rings. The lowest BCUT2D eigenvalue weighted by molar-refractivity contribution is 0.0786. The maximum atomic E-state index is 13.6. The summed E-state index contributed by atoms with van der Waals surface area (Å²) >= 11 is 5.97. The van der Waals surface area contributed by atoms with Crippen molar-refractivity contribution in [3.05, 3.63) is 66.4 Å². The van der Waals surface area contributed by atoms with E-state index in [1.807, 2.05) is 31.2 Å². The minimum Gasteiger partial charge on any atom is -0.369 e. The van der Waals surface area contributed by atoms with Crippen LogP contribution >= 0.6 is 11.6 Å². The van der Waals surface area contributed by atoms with E-state index in [1.165, 1.54) is 20.1 Å². The molecule has 0 radical (unpaired) electrons. The van der Waals surface area contributed by atoms with Crippen molar-refractivity contribution in [2.24, 2.45) is 0 Å². The molecule has 3 rings (SSSR count). The predicted octanol–water partition coefficient (Wildman–Crippen LogP) is 3.27. The van der Waals surface area contributed by atoms with Crippen LogP contribution in [0.15, 0.2) is 60.8 Å². The number of benzene rings is 1. The van der Waals surface area contributed by atoms with Gasteiger partial charge in [-0.3, -0.25) is 9.48 Å². The van der Waals surface area contributed by atoms with Gasteiger partial charge in [-0.2, -0.15) is 9.40 Å². The van der Waals surface area contributed by atoms with E-state index in [2.05, 4.69) is 23.2 Å². The highest BCUT2D eigenvalue weighted by atomic mass is 35.5. The van der Waals surface area contributed by atoms with Crippen LogP contribution in [-0.2, 0) is 16.6 Å². The smallest absolute Gasteiger partial charge is 0.263 e. The number of halogens is 1. The molecule has 1 saturated heterocycles. The second-order valence-corrected chi connectivity index (χ2v) is 10.1. The fourth-order valence-corrected chi connectivity index (χ4v) is 5.41. The lowest BCUT2D eigenvalue weighted by Crippen LogP contribution is -2.49. The summed E-state index contributed by atoms with van der Waals surface area (Å²) in [4.78, 5) is 16.8. The fourth-order valence-electron chi connectivity index (χ4n) is 3.77. The van der Waals surface area contributed by atoms with E-state index in [0.29, 0.717) is 37.7 Å². The van der Waals surface area contributed by atoms with Crippen molar-refractivity contribution in [2.75, 3.05) is 44.2 Å². The first-order valence-electron chi connectivity index (χ1n) is 10.9. The molecule has 1 aliphatic rings. The van der Waals surface area contributed by atoms with Gasteiger partial charge < -0.3 is 9.80 Å². The first kappa shape index (κ1) is 25.0. The van der Waals surface area contributed by atoms with Crippen LogP contribution in [-0.4, -0.2) is 72.6 Å². The molecule has 0 bridgehead atoms. The van der Waals surface area contributed by atoms with Gasteiger partial charge in [0.1, 0.15) is 0 Å². The molecular weight excluding hydrogens is 462 g/mol. The molecule has 2 aromatic rings. The molecule has 1 aromatic carbocycles. The molecule has 10 heteroatoms. The fraction of sp³-hybridized carbons (Fsp3) is 0.391. The highest BCUT2D eigenvalue weighted by Gasteiger charge is 2.35. The highest BCUT2D eigenvalue weighted by molar-refractivity contribution is 7.89. The predicted molar refractivity (Wildman–Crippen MR) is 131 cm³/mol. The van der Waals surface area contributed by atoms with Gasteiger partial charge in [0.2, 0.25) is 5.03 Å². The molecule has 8 nitrogen and oxygen atoms in total. The molecule has 2 heterocycles. The summed E-state index contributed by atoms with van der Waals surface area (Å²) < 4.78 is 30.1. The van der Waals surface area contributed by atoms with E-state index in [-0.39, 0.29) is 23.7 Å². The summed E-state index contributed by atoms with van der Waals surface area (Å²) in [5.74, 6) is -0.407. The molecule has 0 unspecified atom stereocenters. The highest BCUT2D eigenvalue weighted by Crippen LogP contribution is 2.24. The van der Waals surface area contributed by atoms with Crippen LogP contribution < -0.4 is 4.90 Å². The van der Waals surface area contributed by atoms with Crippen LogP contribution in [0.25, 0.3) is 0 Å². The maximum Gasteiger partial charge on any atom is 0.263 e. The van der Waals surface area contributed by atoms with E-state index in [9.17, 15) is 13.2 Å². The third-order valence-corrected chi connectivity index (χ3v) is 7.50. The van der Waals surface area contributed by atoms with Gasteiger partial charge in [-0.15, -0.1) is 13.2 Å². The summed E-state index contributed by atoms with van der Waals surface area (Å²) in [7, 11) is -3.96. The number of rotatable bonds is 10. The van der Waals surface area contributed by atoms with Gasteiger partial charge in [0.15, 0.2) is 0 Å². The number of anilines is 1. The number of amides is 1. The monoisotopic (exact) mass is 491 g/mol. The Morgan fingerprint density at radius 3 is 2.27 bits per heavy atom. The zero-order valence-corrected chi connectivity index (χ0v) is 20.4. The molecule has 1 aromatic heterocycles. The number of aryl methyl sites for hydroxylation is 1. The second-order valence-electron chi connectivity index (χ2n) is 7.77. The molecule has 1 aliphatic heterocycles. The third kappa shape index (κ3) is 5.66. The summed E-state index contributed by atoms with van der Waals surface area (Å²) in [5, 5.41) is 4.78. The summed E-state index contributed by atoms with van der Waals surface area (Å²) in [6.07, 6.45) is 5.49. The average Bonchev–Trinajstić information content (AvgIpc) is 3.24. The first-order chi connectivity index (χ1) is 15.8. The lowest BCUT2D eigenvalue weighted by Gasteiger charge is -2.35. The van der Waals surface area contributed by atoms with Gasteiger partial charge in [-0.05, 0) is 30.7 Å². The molecule has 0 atom stereocenters. The van der Waals surface area contributed by atoms with E-state index < -0.39 is 15.9 Å². The van der Waals surface area contributed by atoms with Crippen LogP contribution in [0.4, 0.5) is 5.69 Å². The standard InChI is InChI=1S/C23H30ClN5O3S/c1-4-11-27(12-5-2)23(30)21-18-28(13-6-3)25-22(21)33(31,32)29-16-14-26(15-17-29)20-9-7-19(24)8-10-20/h4-5,7-10,18H,1-2,6,11-17H2,3H3. The Morgan fingerprint density at radius 1 is 1.12 bits per heavy atom. The molecule has 0 N–H and O–H groups in total. The van der Waals surface area contributed by atoms with Gasteiger partial charge in [0.25, 0.3) is 15.9 Å². The zero-order valence-electron chi connectivity index (χ0n) is 18.9. The van der Waals surface area contributed by atoms with E-state index in [4.69, 9.17) is 11.6 Å². The lowest BCUT2D eigenvalue weighted by atomic mass is 10.2. The average molecular weight is 492 g/mol. The molecule has 0 aliphatic carbocycles. The molecule has 33 heavy (non-hydrogen) atoms.